The van der Waals surface area contributed by atoms with Crippen molar-refractivity contribution in [1.29, 1.82) is 10.5 Å². The third-order valence-electron chi connectivity index (χ3n) is 4.59. The van der Waals surface area contributed by atoms with Gasteiger partial charge in [0, 0.05) is 15.6 Å². The number of benzene rings is 2. The molecule has 0 saturated heterocycles. The number of carbonyl (C=O) groups is 2. The van der Waals surface area contributed by atoms with E-state index in [9.17, 15) is 20.1 Å². The normalized spacial score (nSPS) is 15.8. The summed E-state index contributed by atoms with van der Waals surface area (Å²) in [5.74, 6) is -1.00. The summed E-state index contributed by atoms with van der Waals surface area (Å²) in [7, 11) is 0. The number of amidine groups is 1. The Morgan fingerprint density at radius 2 is 1.68 bits per heavy atom. The fourth-order valence-electron chi connectivity index (χ4n) is 3.24. The van der Waals surface area contributed by atoms with Crippen LogP contribution in [-0.4, -0.2) is 17.5 Å². The molecule has 0 unspecified atom stereocenters. The molecule has 8 heteroatoms. The third-order valence-corrected chi connectivity index (χ3v) is 5.28. The number of nitrogens with zero attached hydrogens (tertiary/aromatic N) is 3. The molecule has 0 radical (unpaired) electrons. The van der Waals surface area contributed by atoms with Gasteiger partial charge in [0.1, 0.15) is 0 Å². The van der Waals surface area contributed by atoms with Gasteiger partial charge in [-0.2, -0.15) is 10.5 Å². The predicted molar refractivity (Wildman–Crippen MR) is 104 cm³/mol. The quantitative estimate of drug-likeness (QED) is 0.672. The lowest BCUT2D eigenvalue weighted by molar-refractivity contribution is 0.0942. The second-order valence-electron chi connectivity index (χ2n) is 6.09. The Bertz CT molecular complexity index is 1190. The number of hydrogen-bond acceptors (Lipinski definition) is 6. The lowest BCUT2D eigenvalue weighted by Crippen LogP contribution is -2.48. The van der Waals surface area contributed by atoms with E-state index in [1.54, 1.807) is 48.5 Å². The Balaban J connectivity index is 1.69. The Morgan fingerprint density at radius 3 is 2.36 bits per heavy atom. The van der Waals surface area contributed by atoms with Crippen molar-refractivity contribution in [2.24, 2.45) is 10.4 Å². The van der Waals surface area contributed by atoms with Gasteiger partial charge < -0.3 is 0 Å². The minimum Gasteiger partial charge on any atom is -0.289 e. The molecule has 1 amide bonds. The standard InChI is InChI=1S/C20H10BrN5O2/c21-14-8-4-3-7-13(14)18(28)25-26-19-20(9-22,10-23)15-16(24-19)11-5-1-2-6-12(11)17(15)27/h1-8H,(H,24,26)(H,25,28). The van der Waals surface area contributed by atoms with E-state index in [-0.39, 0.29) is 17.1 Å². The van der Waals surface area contributed by atoms with Crippen LogP contribution in [0.25, 0.3) is 5.70 Å². The molecule has 2 aromatic carbocycles. The second kappa shape index (κ2) is 6.45. The van der Waals surface area contributed by atoms with E-state index in [2.05, 4.69) is 31.8 Å². The van der Waals surface area contributed by atoms with E-state index in [1.165, 1.54) is 0 Å². The highest BCUT2D eigenvalue weighted by Crippen LogP contribution is 2.47. The molecule has 2 N–H and O–H groups in total. The van der Waals surface area contributed by atoms with Gasteiger partial charge in [0.15, 0.2) is 11.6 Å². The summed E-state index contributed by atoms with van der Waals surface area (Å²) in [6, 6.07) is 17.4. The molecule has 0 fully saturated rings. The number of hydrogen-bond donors (Lipinski definition) is 2. The summed E-state index contributed by atoms with van der Waals surface area (Å²) in [4.78, 5) is 29.5. The molecule has 2 aliphatic rings. The van der Waals surface area contributed by atoms with Gasteiger partial charge in [-0.05, 0) is 28.1 Å². The average molecular weight is 432 g/mol. The molecule has 0 aromatic heterocycles. The van der Waals surface area contributed by atoms with Crippen LogP contribution in [0.2, 0.25) is 0 Å². The second-order valence-corrected chi connectivity index (χ2v) is 6.95. The lowest BCUT2D eigenvalue weighted by Gasteiger charge is -2.19. The average Bonchev–Trinajstić information content (AvgIpc) is 3.20. The van der Waals surface area contributed by atoms with Crippen molar-refractivity contribution < 1.29 is 9.59 Å². The van der Waals surface area contributed by atoms with Crippen LogP contribution in [0.1, 0.15) is 26.3 Å². The third kappa shape index (κ3) is 2.36. The van der Waals surface area contributed by atoms with Crippen LogP contribution in [0, 0.1) is 28.1 Å². The molecule has 4 rings (SSSR count). The van der Waals surface area contributed by atoms with Gasteiger partial charge in [0.25, 0.3) is 5.91 Å². The molecular formula is C20H10BrN5O2. The summed E-state index contributed by atoms with van der Waals surface area (Å²) in [6.45, 7) is 0. The van der Waals surface area contributed by atoms with Gasteiger partial charge in [-0.1, -0.05) is 36.4 Å². The topological polar surface area (TPSA) is 118 Å². The number of nitriles is 2. The Labute approximate surface area is 168 Å². The first-order valence-corrected chi connectivity index (χ1v) is 8.94. The number of hydrazine groups is 1. The SMILES string of the molecule is N#CC1(C#N)C(NNC(=O)c2ccccc2Br)=NC2=C1C(=O)c1ccccc12. The van der Waals surface area contributed by atoms with Crippen molar-refractivity contribution in [3.05, 3.63) is 75.3 Å². The number of fused-ring (bicyclic) bond motifs is 2. The smallest absolute Gasteiger partial charge is 0.270 e. The summed E-state index contributed by atoms with van der Waals surface area (Å²) >= 11 is 3.29. The molecule has 0 atom stereocenters. The van der Waals surface area contributed by atoms with E-state index in [1.807, 2.05) is 12.1 Å². The molecule has 1 aliphatic carbocycles. The van der Waals surface area contributed by atoms with Crippen LogP contribution in [0.15, 0.2) is 63.6 Å². The highest BCUT2D eigenvalue weighted by molar-refractivity contribution is 9.10. The van der Waals surface area contributed by atoms with Crippen molar-refractivity contribution in [1.82, 2.24) is 10.9 Å². The maximum atomic E-state index is 12.8. The van der Waals surface area contributed by atoms with Crippen molar-refractivity contribution in [2.75, 3.05) is 0 Å². The van der Waals surface area contributed by atoms with E-state index in [4.69, 9.17) is 0 Å². The number of halogens is 1. The zero-order valence-corrected chi connectivity index (χ0v) is 15.7. The highest BCUT2D eigenvalue weighted by atomic mass is 79.9. The van der Waals surface area contributed by atoms with E-state index < -0.39 is 17.1 Å². The molecule has 0 bridgehead atoms. The number of nitrogens with one attached hydrogen (secondary N) is 2. The van der Waals surface area contributed by atoms with Gasteiger partial charge in [0.2, 0.25) is 5.41 Å². The largest absolute Gasteiger partial charge is 0.289 e. The summed E-state index contributed by atoms with van der Waals surface area (Å²) in [6.07, 6.45) is 0. The number of ketones is 1. The minimum atomic E-state index is -1.92. The molecule has 0 spiro atoms. The van der Waals surface area contributed by atoms with Crippen molar-refractivity contribution in [3.63, 3.8) is 0 Å². The number of rotatable bonds is 1. The van der Waals surface area contributed by atoms with E-state index >= 15 is 0 Å². The van der Waals surface area contributed by atoms with Gasteiger partial charge in [0.05, 0.1) is 29.0 Å². The van der Waals surface area contributed by atoms with Crippen LogP contribution >= 0.6 is 15.9 Å². The van der Waals surface area contributed by atoms with Crippen LogP contribution in [0.5, 0.6) is 0 Å². The summed E-state index contributed by atoms with van der Waals surface area (Å²) in [5.41, 5.74) is 4.70. The van der Waals surface area contributed by atoms with Crippen LogP contribution < -0.4 is 10.9 Å². The zero-order chi connectivity index (χ0) is 19.9. The Morgan fingerprint density at radius 1 is 1.04 bits per heavy atom. The summed E-state index contributed by atoms with van der Waals surface area (Å²) in [5, 5.41) is 19.5. The first-order valence-electron chi connectivity index (χ1n) is 8.15. The summed E-state index contributed by atoms with van der Waals surface area (Å²) < 4.78 is 0.583. The monoisotopic (exact) mass is 431 g/mol. The zero-order valence-electron chi connectivity index (χ0n) is 14.2. The minimum absolute atomic E-state index is 0.0105. The van der Waals surface area contributed by atoms with Crippen LogP contribution in [0.4, 0.5) is 0 Å². The van der Waals surface area contributed by atoms with Gasteiger partial charge in [-0.25, -0.2) is 4.99 Å². The van der Waals surface area contributed by atoms with Gasteiger partial charge >= 0.3 is 0 Å². The van der Waals surface area contributed by atoms with E-state index in [0.29, 0.717) is 21.2 Å². The number of carbonyl (C=O) groups excluding carboxylic acids is 2. The fraction of sp³-hybridized carbons (Fsp3) is 0.0500. The molecule has 1 heterocycles. The predicted octanol–water partition coefficient (Wildman–Crippen LogP) is 2.74. The molecule has 28 heavy (non-hydrogen) atoms. The molecular weight excluding hydrogens is 422 g/mol. The highest BCUT2D eigenvalue weighted by Gasteiger charge is 2.54. The Kier molecular flexibility index (Phi) is 4.07. The maximum absolute atomic E-state index is 12.8. The lowest BCUT2D eigenvalue weighted by atomic mass is 9.81. The first-order chi connectivity index (χ1) is 13.5. The van der Waals surface area contributed by atoms with Crippen molar-refractivity contribution >= 4 is 39.2 Å². The van der Waals surface area contributed by atoms with Gasteiger partial charge in [-0.15, -0.1) is 0 Å². The number of aliphatic imine (C=N–C) groups is 1. The fourth-order valence-corrected chi connectivity index (χ4v) is 3.70. The van der Waals surface area contributed by atoms with Crippen molar-refractivity contribution in [2.45, 2.75) is 0 Å². The Hall–Kier alpha value is -3.75. The van der Waals surface area contributed by atoms with Crippen LogP contribution in [-0.2, 0) is 0 Å². The number of Topliss-reactive ketones (excluding diaryl/α,β-unsaturated/α-hetero) is 1. The maximum Gasteiger partial charge on any atom is 0.270 e. The molecule has 0 saturated carbocycles. The molecule has 7 nitrogen and oxygen atoms in total. The number of amides is 1. The van der Waals surface area contributed by atoms with E-state index in [0.717, 1.165) is 0 Å². The molecule has 2 aromatic rings. The molecule has 1 aliphatic heterocycles. The van der Waals surface area contributed by atoms with Crippen molar-refractivity contribution in [3.8, 4) is 12.1 Å². The van der Waals surface area contributed by atoms with Crippen LogP contribution in [0.3, 0.4) is 0 Å². The molecule has 134 valence electrons. The van der Waals surface area contributed by atoms with Gasteiger partial charge in [-0.3, -0.25) is 20.4 Å². The first kappa shape index (κ1) is 17.7.